The van der Waals surface area contributed by atoms with E-state index in [1.165, 1.54) is 0 Å². The van der Waals surface area contributed by atoms with Crippen LogP contribution < -0.4 is 11.1 Å². The first kappa shape index (κ1) is 14.4. The van der Waals surface area contributed by atoms with Crippen LogP contribution in [0.15, 0.2) is 0 Å². The first-order valence-corrected chi connectivity index (χ1v) is 5.43. The minimum absolute atomic E-state index is 0.0755. The summed E-state index contributed by atoms with van der Waals surface area (Å²) < 4.78 is 0. The average Bonchev–Trinajstić information content (AvgIpc) is 2.12. The highest BCUT2D eigenvalue weighted by Crippen LogP contribution is 2.22. The Balaban J connectivity index is 4.17. The van der Waals surface area contributed by atoms with E-state index in [9.17, 15) is 4.79 Å². The summed E-state index contributed by atoms with van der Waals surface area (Å²) in [5.74, 6) is 0.0755. The van der Waals surface area contributed by atoms with E-state index < -0.39 is 0 Å². The Morgan fingerprint density at radius 3 is 2.33 bits per heavy atom. The fourth-order valence-corrected chi connectivity index (χ4v) is 1.75. The van der Waals surface area contributed by atoms with Crippen LogP contribution in [0.25, 0.3) is 0 Å². The third-order valence-electron chi connectivity index (χ3n) is 2.73. The molecule has 0 aromatic rings. The van der Waals surface area contributed by atoms with Crippen molar-refractivity contribution in [3.05, 3.63) is 0 Å². The average molecular weight is 215 g/mol. The Bertz CT molecular complexity index is 198. The van der Waals surface area contributed by atoms with Crippen LogP contribution in [0, 0.1) is 5.41 Å². The van der Waals surface area contributed by atoms with Crippen molar-refractivity contribution < 1.29 is 4.79 Å². The standard InChI is InChI=1S/C11H25N3O/c1-11(2,3)9(8-12)14(5)7-6-10(15)13-4/h9H,6-8,12H2,1-5H3,(H,13,15). The molecule has 0 rings (SSSR count). The molecule has 4 heteroatoms. The lowest BCUT2D eigenvalue weighted by molar-refractivity contribution is -0.121. The van der Waals surface area contributed by atoms with Gasteiger partial charge in [-0.05, 0) is 12.5 Å². The minimum atomic E-state index is 0.0755. The van der Waals surface area contributed by atoms with E-state index in [-0.39, 0.29) is 11.3 Å². The van der Waals surface area contributed by atoms with Gasteiger partial charge < -0.3 is 16.0 Å². The molecule has 15 heavy (non-hydrogen) atoms. The molecule has 1 amide bonds. The van der Waals surface area contributed by atoms with Crippen LogP contribution in [0.5, 0.6) is 0 Å². The van der Waals surface area contributed by atoms with Gasteiger partial charge in [0.15, 0.2) is 0 Å². The number of nitrogens with zero attached hydrogens (tertiary/aromatic N) is 1. The van der Waals surface area contributed by atoms with Crippen LogP contribution in [0.1, 0.15) is 27.2 Å². The van der Waals surface area contributed by atoms with Crippen molar-refractivity contribution in [3.8, 4) is 0 Å². The van der Waals surface area contributed by atoms with Crippen molar-refractivity contribution in [1.29, 1.82) is 0 Å². The van der Waals surface area contributed by atoms with Gasteiger partial charge in [-0.25, -0.2) is 0 Å². The molecule has 0 aliphatic heterocycles. The molecule has 0 spiro atoms. The van der Waals surface area contributed by atoms with Crippen LogP contribution in [-0.2, 0) is 4.79 Å². The highest BCUT2D eigenvalue weighted by atomic mass is 16.1. The zero-order valence-electron chi connectivity index (χ0n) is 10.6. The number of nitrogens with one attached hydrogen (secondary N) is 1. The number of hydrogen-bond acceptors (Lipinski definition) is 3. The third-order valence-corrected chi connectivity index (χ3v) is 2.73. The summed E-state index contributed by atoms with van der Waals surface area (Å²) >= 11 is 0. The molecule has 1 atom stereocenters. The molecule has 0 saturated carbocycles. The molecule has 0 fully saturated rings. The summed E-state index contributed by atoms with van der Waals surface area (Å²) in [6.45, 7) is 7.87. The number of likely N-dealkylation sites (N-methyl/N-ethyl adjacent to an activating group) is 1. The maximum Gasteiger partial charge on any atom is 0.221 e. The zero-order valence-corrected chi connectivity index (χ0v) is 10.6. The molecule has 0 bridgehead atoms. The number of rotatable bonds is 5. The molecule has 4 nitrogen and oxygen atoms in total. The van der Waals surface area contributed by atoms with Gasteiger partial charge in [0, 0.05) is 32.6 Å². The van der Waals surface area contributed by atoms with E-state index >= 15 is 0 Å². The summed E-state index contributed by atoms with van der Waals surface area (Å²) in [6.07, 6.45) is 0.527. The second kappa shape index (κ2) is 6.08. The lowest BCUT2D eigenvalue weighted by atomic mass is 9.86. The molecule has 0 heterocycles. The predicted molar refractivity (Wildman–Crippen MR) is 63.6 cm³/mol. The van der Waals surface area contributed by atoms with Gasteiger partial charge in [0.25, 0.3) is 0 Å². The lowest BCUT2D eigenvalue weighted by Crippen LogP contribution is -2.47. The quantitative estimate of drug-likeness (QED) is 0.699. The highest BCUT2D eigenvalue weighted by molar-refractivity contribution is 5.75. The molecule has 0 radical (unpaired) electrons. The van der Waals surface area contributed by atoms with Gasteiger partial charge in [0.2, 0.25) is 5.91 Å². The topological polar surface area (TPSA) is 58.4 Å². The molecule has 1 unspecified atom stereocenters. The number of nitrogens with two attached hydrogens (primary N) is 1. The van der Waals surface area contributed by atoms with Crippen LogP contribution in [0.2, 0.25) is 0 Å². The van der Waals surface area contributed by atoms with Gasteiger partial charge in [0.05, 0.1) is 0 Å². The van der Waals surface area contributed by atoms with Crippen molar-refractivity contribution in [1.82, 2.24) is 10.2 Å². The molecular weight excluding hydrogens is 190 g/mol. The Morgan fingerprint density at radius 1 is 1.47 bits per heavy atom. The van der Waals surface area contributed by atoms with E-state index in [1.54, 1.807) is 7.05 Å². The van der Waals surface area contributed by atoms with Crippen molar-refractivity contribution in [3.63, 3.8) is 0 Å². The van der Waals surface area contributed by atoms with Crippen molar-refractivity contribution in [2.45, 2.75) is 33.2 Å². The Morgan fingerprint density at radius 2 is 2.00 bits per heavy atom. The summed E-state index contributed by atoms with van der Waals surface area (Å²) in [6, 6.07) is 0.308. The monoisotopic (exact) mass is 215 g/mol. The van der Waals surface area contributed by atoms with Gasteiger partial charge >= 0.3 is 0 Å². The van der Waals surface area contributed by atoms with Gasteiger partial charge in [-0.3, -0.25) is 4.79 Å². The maximum atomic E-state index is 11.1. The molecule has 0 aromatic carbocycles. The van der Waals surface area contributed by atoms with Crippen molar-refractivity contribution >= 4 is 5.91 Å². The maximum absolute atomic E-state index is 11.1. The summed E-state index contributed by atoms with van der Waals surface area (Å²) in [5, 5.41) is 2.62. The molecule has 3 N–H and O–H groups in total. The third kappa shape index (κ3) is 5.14. The number of carbonyl (C=O) groups is 1. The van der Waals surface area contributed by atoms with E-state index in [0.29, 0.717) is 19.0 Å². The van der Waals surface area contributed by atoms with E-state index in [1.807, 2.05) is 7.05 Å². The minimum Gasteiger partial charge on any atom is -0.359 e. The van der Waals surface area contributed by atoms with Crippen LogP contribution >= 0.6 is 0 Å². The normalized spacial score (nSPS) is 14.1. The number of hydrogen-bond donors (Lipinski definition) is 2. The largest absolute Gasteiger partial charge is 0.359 e. The number of carbonyl (C=O) groups excluding carboxylic acids is 1. The summed E-state index contributed by atoms with van der Waals surface area (Å²) in [5.41, 5.74) is 5.90. The van der Waals surface area contributed by atoms with Gasteiger partial charge in [-0.1, -0.05) is 20.8 Å². The summed E-state index contributed by atoms with van der Waals surface area (Å²) in [4.78, 5) is 13.3. The van der Waals surface area contributed by atoms with E-state index in [0.717, 1.165) is 6.54 Å². The van der Waals surface area contributed by atoms with Crippen LogP contribution in [0.4, 0.5) is 0 Å². The van der Waals surface area contributed by atoms with Crippen molar-refractivity contribution in [2.24, 2.45) is 11.1 Å². The molecule has 0 aromatic heterocycles. The van der Waals surface area contributed by atoms with E-state index in [4.69, 9.17) is 5.73 Å². The predicted octanol–water partition coefficient (Wildman–Crippen LogP) is 0.428. The zero-order chi connectivity index (χ0) is 12.1. The molecule has 90 valence electrons. The first-order chi connectivity index (χ1) is 6.82. The second-order valence-electron chi connectivity index (χ2n) is 5.02. The molecular formula is C11H25N3O. The second-order valence-corrected chi connectivity index (χ2v) is 5.02. The fraction of sp³-hybridized carbons (Fsp3) is 0.909. The number of amides is 1. The lowest BCUT2D eigenvalue weighted by Gasteiger charge is -2.37. The van der Waals surface area contributed by atoms with Gasteiger partial charge in [-0.2, -0.15) is 0 Å². The van der Waals surface area contributed by atoms with Crippen LogP contribution in [0.3, 0.4) is 0 Å². The van der Waals surface area contributed by atoms with Crippen molar-refractivity contribution in [2.75, 3.05) is 27.2 Å². The Labute approximate surface area is 93.2 Å². The Kier molecular flexibility index (Phi) is 5.83. The van der Waals surface area contributed by atoms with E-state index in [2.05, 4.69) is 31.0 Å². The first-order valence-electron chi connectivity index (χ1n) is 5.43. The Hall–Kier alpha value is -0.610. The SMILES string of the molecule is CNC(=O)CCN(C)C(CN)C(C)(C)C. The van der Waals surface area contributed by atoms with Gasteiger partial charge in [0.1, 0.15) is 0 Å². The molecule has 0 saturated heterocycles. The fourth-order valence-electron chi connectivity index (χ4n) is 1.75. The smallest absolute Gasteiger partial charge is 0.221 e. The van der Waals surface area contributed by atoms with Crippen LogP contribution in [-0.4, -0.2) is 44.0 Å². The summed E-state index contributed by atoms with van der Waals surface area (Å²) in [7, 11) is 3.68. The highest BCUT2D eigenvalue weighted by Gasteiger charge is 2.26. The molecule has 0 aliphatic carbocycles. The molecule has 0 aliphatic rings. The van der Waals surface area contributed by atoms with Gasteiger partial charge in [-0.15, -0.1) is 0 Å².